The van der Waals surface area contributed by atoms with Gasteiger partial charge in [0, 0.05) is 33.7 Å². The Morgan fingerprint density at radius 3 is 2.63 bits per heavy atom. The zero-order valence-electron chi connectivity index (χ0n) is 16.1. The van der Waals surface area contributed by atoms with Crippen LogP contribution in [0.2, 0.25) is 0 Å². The second-order valence-corrected chi connectivity index (χ2v) is 8.92. The third-order valence-electron chi connectivity index (χ3n) is 4.51. The van der Waals surface area contributed by atoms with Crippen molar-refractivity contribution in [3.05, 3.63) is 29.8 Å². The summed E-state index contributed by atoms with van der Waals surface area (Å²) in [5.74, 6) is -0.974. The van der Waals surface area contributed by atoms with Gasteiger partial charge >= 0.3 is 0 Å². The first-order valence-corrected chi connectivity index (χ1v) is 10.5. The predicted molar refractivity (Wildman–Crippen MR) is 105 cm³/mol. The van der Waals surface area contributed by atoms with Gasteiger partial charge in [-0.15, -0.1) is 0 Å². The van der Waals surface area contributed by atoms with E-state index in [2.05, 4.69) is 10.6 Å². The van der Waals surface area contributed by atoms with E-state index in [1.165, 1.54) is 18.4 Å². The highest BCUT2D eigenvalue weighted by Crippen LogP contribution is 2.23. The Hall–Kier alpha value is -1.97. The molecular weight excluding hydrogens is 368 g/mol. The van der Waals surface area contributed by atoms with Crippen LogP contribution in [0.15, 0.2) is 24.3 Å². The number of amides is 2. The molecule has 2 amide bonds. The van der Waals surface area contributed by atoms with E-state index < -0.39 is 16.1 Å². The highest BCUT2D eigenvalue weighted by Gasteiger charge is 2.33. The van der Waals surface area contributed by atoms with E-state index >= 15 is 0 Å². The van der Waals surface area contributed by atoms with Gasteiger partial charge in [0.1, 0.15) is 0 Å². The maximum atomic E-state index is 12.7. The highest BCUT2D eigenvalue weighted by atomic mass is 32.2. The van der Waals surface area contributed by atoms with E-state index in [0.717, 1.165) is 10.7 Å². The fraction of sp³-hybridized carbons (Fsp3) is 0.556. The van der Waals surface area contributed by atoms with Crippen molar-refractivity contribution in [1.82, 2.24) is 13.9 Å². The largest absolute Gasteiger partial charge is 0.352 e. The van der Waals surface area contributed by atoms with Gasteiger partial charge in [-0.05, 0) is 31.4 Å². The smallest absolute Gasteiger partial charge is 0.281 e. The Labute approximate surface area is 161 Å². The zero-order valence-corrected chi connectivity index (χ0v) is 16.9. The first-order valence-electron chi connectivity index (χ1n) is 9.13. The molecule has 0 aliphatic carbocycles. The molecule has 1 saturated heterocycles. The lowest BCUT2D eigenvalue weighted by Gasteiger charge is -2.32. The quantitative estimate of drug-likeness (QED) is 0.725. The zero-order chi connectivity index (χ0) is 20.0. The van der Waals surface area contributed by atoms with Gasteiger partial charge in [-0.2, -0.15) is 17.0 Å². The molecule has 2 N–H and O–H groups in total. The van der Waals surface area contributed by atoms with Crippen molar-refractivity contribution in [1.29, 1.82) is 0 Å². The normalized spacial score (nSPS) is 18.3. The molecule has 0 bridgehead atoms. The number of anilines is 1. The molecule has 0 saturated carbocycles. The average molecular weight is 397 g/mol. The maximum absolute atomic E-state index is 12.7. The second kappa shape index (κ2) is 9.29. The van der Waals surface area contributed by atoms with E-state index in [1.807, 2.05) is 6.92 Å². The molecule has 0 radical (unpaired) electrons. The first kappa shape index (κ1) is 21.3. The van der Waals surface area contributed by atoms with E-state index in [4.69, 9.17) is 0 Å². The molecule has 1 heterocycles. The minimum Gasteiger partial charge on any atom is -0.352 e. The Kier molecular flexibility index (Phi) is 7.34. The summed E-state index contributed by atoms with van der Waals surface area (Å²) >= 11 is 0. The molecule has 8 nitrogen and oxygen atoms in total. The molecule has 1 aliphatic heterocycles. The number of nitrogens with zero attached hydrogens (tertiary/aromatic N) is 2. The van der Waals surface area contributed by atoms with Crippen molar-refractivity contribution in [3.63, 3.8) is 0 Å². The van der Waals surface area contributed by atoms with Crippen LogP contribution in [0, 0.1) is 5.92 Å². The fourth-order valence-electron chi connectivity index (χ4n) is 2.96. The maximum Gasteiger partial charge on any atom is 0.281 e. The molecule has 27 heavy (non-hydrogen) atoms. The van der Waals surface area contributed by atoms with Crippen LogP contribution in [-0.4, -0.2) is 62.6 Å². The van der Waals surface area contributed by atoms with Crippen LogP contribution in [0.25, 0.3) is 0 Å². The molecule has 1 aliphatic rings. The number of hydrogen-bond acceptors (Lipinski definition) is 4. The van der Waals surface area contributed by atoms with Crippen LogP contribution < -0.4 is 10.6 Å². The molecule has 1 aromatic carbocycles. The lowest BCUT2D eigenvalue weighted by Crippen LogP contribution is -2.47. The van der Waals surface area contributed by atoms with E-state index in [1.54, 1.807) is 24.3 Å². The average Bonchev–Trinajstić information content (AvgIpc) is 2.66. The number of rotatable bonds is 7. The number of carbonyl (C=O) groups is 2. The Balaban J connectivity index is 2.10. The summed E-state index contributed by atoms with van der Waals surface area (Å²) in [7, 11) is -0.596. The van der Waals surface area contributed by atoms with E-state index in [0.29, 0.717) is 37.2 Å². The topological polar surface area (TPSA) is 98.8 Å². The van der Waals surface area contributed by atoms with Gasteiger partial charge in [0.15, 0.2) is 0 Å². The van der Waals surface area contributed by atoms with Crippen molar-refractivity contribution in [2.75, 3.05) is 39.0 Å². The second-order valence-electron chi connectivity index (χ2n) is 6.78. The van der Waals surface area contributed by atoms with Gasteiger partial charge in [0.25, 0.3) is 16.1 Å². The van der Waals surface area contributed by atoms with Crippen LogP contribution in [0.5, 0.6) is 0 Å². The van der Waals surface area contributed by atoms with E-state index in [-0.39, 0.29) is 18.4 Å². The Morgan fingerprint density at radius 2 is 1.96 bits per heavy atom. The molecule has 150 valence electrons. The summed E-state index contributed by atoms with van der Waals surface area (Å²) in [6, 6.07) is 6.82. The Bertz CT molecular complexity index is 779. The van der Waals surface area contributed by atoms with E-state index in [9.17, 15) is 18.0 Å². The van der Waals surface area contributed by atoms with Gasteiger partial charge < -0.3 is 10.6 Å². The van der Waals surface area contributed by atoms with Gasteiger partial charge in [-0.1, -0.05) is 19.1 Å². The SMILES string of the molecule is CCCNC(=O)c1ccccc1NC(=O)C1CCCN(S(=O)(=O)N(C)C)C1. The van der Waals surface area contributed by atoms with Crippen molar-refractivity contribution in [2.24, 2.45) is 5.92 Å². The first-order chi connectivity index (χ1) is 12.8. The van der Waals surface area contributed by atoms with Crippen LogP contribution in [0.4, 0.5) is 5.69 Å². The van der Waals surface area contributed by atoms with Crippen molar-refractivity contribution in [3.8, 4) is 0 Å². The molecule has 1 unspecified atom stereocenters. The summed E-state index contributed by atoms with van der Waals surface area (Å²) in [5, 5.41) is 5.60. The summed E-state index contributed by atoms with van der Waals surface area (Å²) in [4.78, 5) is 25.0. The lowest BCUT2D eigenvalue weighted by molar-refractivity contribution is -0.120. The minimum atomic E-state index is -3.55. The lowest BCUT2D eigenvalue weighted by atomic mass is 9.98. The molecular formula is C18H28N4O4S. The molecule has 0 aromatic heterocycles. The number of piperidine rings is 1. The molecule has 0 spiro atoms. The number of carbonyl (C=O) groups excluding carboxylic acids is 2. The highest BCUT2D eigenvalue weighted by molar-refractivity contribution is 7.86. The molecule has 2 rings (SSSR count). The van der Waals surface area contributed by atoms with Crippen molar-refractivity contribution in [2.45, 2.75) is 26.2 Å². The van der Waals surface area contributed by atoms with Crippen molar-refractivity contribution >= 4 is 27.7 Å². The van der Waals surface area contributed by atoms with Gasteiger partial charge in [0.2, 0.25) is 5.91 Å². The summed E-state index contributed by atoms with van der Waals surface area (Å²) < 4.78 is 27.1. The summed E-state index contributed by atoms with van der Waals surface area (Å²) in [6.07, 6.45) is 2.04. The number of hydrogen-bond donors (Lipinski definition) is 2. The molecule has 1 fully saturated rings. The fourth-order valence-corrected chi connectivity index (χ4v) is 4.15. The Morgan fingerprint density at radius 1 is 1.26 bits per heavy atom. The number of benzene rings is 1. The third-order valence-corrected chi connectivity index (χ3v) is 6.41. The van der Waals surface area contributed by atoms with Crippen molar-refractivity contribution < 1.29 is 18.0 Å². The molecule has 1 atom stereocenters. The summed E-state index contributed by atoms with van der Waals surface area (Å²) in [6.45, 7) is 3.06. The van der Waals surface area contributed by atoms with Crippen LogP contribution in [-0.2, 0) is 15.0 Å². The standard InChI is InChI=1S/C18H28N4O4S/c1-4-11-19-18(24)15-9-5-6-10-16(15)20-17(23)14-8-7-12-22(13-14)27(25,26)21(2)3/h5-6,9-10,14H,4,7-8,11-13H2,1-3H3,(H,19,24)(H,20,23). The van der Waals surface area contributed by atoms with Crippen LogP contribution >= 0.6 is 0 Å². The van der Waals surface area contributed by atoms with Gasteiger partial charge in [0.05, 0.1) is 17.2 Å². The molecule has 9 heteroatoms. The number of nitrogens with one attached hydrogen (secondary N) is 2. The van der Waals surface area contributed by atoms with Crippen LogP contribution in [0.3, 0.4) is 0 Å². The molecule has 1 aromatic rings. The summed E-state index contributed by atoms with van der Waals surface area (Å²) in [5.41, 5.74) is 0.830. The monoisotopic (exact) mass is 396 g/mol. The predicted octanol–water partition coefficient (Wildman–Crippen LogP) is 1.28. The number of para-hydroxylation sites is 1. The van der Waals surface area contributed by atoms with Gasteiger partial charge in [-0.3, -0.25) is 9.59 Å². The minimum absolute atomic E-state index is 0.135. The third kappa shape index (κ3) is 5.27. The van der Waals surface area contributed by atoms with Crippen LogP contribution in [0.1, 0.15) is 36.5 Å². The van der Waals surface area contributed by atoms with Gasteiger partial charge in [-0.25, -0.2) is 0 Å².